The van der Waals surface area contributed by atoms with Crippen molar-refractivity contribution < 1.29 is 9.52 Å². The minimum atomic E-state index is -1.03. The van der Waals surface area contributed by atoms with Gasteiger partial charge in [-0.05, 0) is 77.2 Å². The summed E-state index contributed by atoms with van der Waals surface area (Å²) in [5.41, 5.74) is -0.213. The maximum absolute atomic E-state index is 10.8. The molecule has 1 unspecified atom stereocenters. The molecule has 0 bridgehead atoms. The van der Waals surface area contributed by atoms with Crippen LogP contribution in [0.4, 0.5) is 0 Å². The second kappa shape index (κ2) is 8.95. The Kier molecular flexibility index (Phi) is 7.42. The number of hydrogen-bond acceptors (Lipinski definition) is 3. The Morgan fingerprint density at radius 2 is 1.88 bits per heavy atom. The van der Waals surface area contributed by atoms with E-state index in [-0.39, 0.29) is 24.0 Å². The van der Waals surface area contributed by atoms with Gasteiger partial charge < -0.3 is 20.2 Å². The third kappa shape index (κ3) is 5.62. The second-order valence-electron chi connectivity index (χ2n) is 8.02. The van der Waals surface area contributed by atoms with Crippen molar-refractivity contribution in [2.24, 2.45) is 22.7 Å². The highest BCUT2D eigenvalue weighted by atomic mass is 127. The molecule has 1 heterocycles. The van der Waals surface area contributed by atoms with Crippen LogP contribution in [0.25, 0.3) is 0 Å². The van der Waals surface area contributed by atoms with Gasteiger partial charge in [0.2, 0.25) is 0 Å². The monoisotopic (exact) mass is 475 g/mol. The first-order valence-corrected chi connectivity index (χ1v) is 9.72. The largest absolute Gasteiger partial charge is 0.466 e. The quantitative estimate of drug-likeness (QED) is 0.305. The summed E-state index contributed by atoms with van der Waals surface area (Å²) in [7, 11) is 0. The van der Waals surface area contributed by atoms with Crippen molar-refractivity contribution in [3.05, 3.63) is 23.2 Å². The van der Waals surface area contributed by atoms with Gasteiger partial charge in [0.1, 0.15) is 17.1 Å². The normalized spacial score (nSPS) is 19.8. The lowest BCUT2D eigenvalue weighted by Crippen LogP contribution is -2.41. The van der Waals surface area contributed by atoms with Gasteiger partial charge in [0.05, 0.1) is 6.54 Å². The van der Waals surface area contributed by atoms with E-state index in [9.17, 15) is 5.11 Å². The molecule has 6 heteroatoms. The van der Waals surface area contributed by atoms with Gasteiger partial charge in [0.25, 0.3) is 0 Å². The van der Waals surface area contributed by atoms with E-state index in [4.69, 9.17) is 4.42 Å². The molecule has 26 heavy (non-hydrogen) atoms. The van der Waals surface area contributed by atoms with Crippen LogP contribution in [-0.4, -0.2) is 30.7 Å². The van der Waals surface area contributed by atoms with Crippen molar-refractivity contribution in [3.63, 3.8) is 0 Å². The summed E-state index contributed by atoms with van der Waals surface area (Å²) in [6.45, 7) is 9.77. The van der Waals surface area contributed by atoms with Crippen LogP contribution in [0.15, 0.2) is 15.5 Å². The summed E-state index contributed by atoms with van der Waals surface area (Å²) in [4.78, 5) is 4.65. The van der Waals surface area contributed by atoms with E-state index in [0.717, 1.165) is 53.9 Å². The van der Waals surface area contributed by atoms with Crippen LogP contribution in [-0.2, 0) is 5.60 Å². The molecular weight excluding hydrogens is 441 g/mol. The van der Waals surface area contributed by atoms with Crippen LogP contribution in [0.2, 0.25) is 0 Å². The molecule has 0 aromatic carbocycles. The average molecular weight is 475 g/mol. The van der Waals surface area contributed by atoms with E-state index >= 15 is 0 Å². The van der Waals surface area contributed by atoms with Crippen LogP contribution in [0.5, 0.6) is 0 Å². The standard InChI is InChI=1S/C20H33N3O2.HI/c1-5-21-19(22-11-17(15-6-7-15)16-8-9-16)23-12-20(4,24)18-10-13(2)25-14(18)3;/h10,15-17,24H,5-9,11-12H2,1-4H3,(H2,21,22,23);1H. The Morgan fingerprint density at radius 1 is 1.27 bits per heavy atom. The lowest BCUT2D eigenvalue weighted by Gasteiger charge is -2.23. The Morgan fingerprint density at radius 3 is 2.35 bits per heavy atom. The van der Waals surface area contributed by atoms with Crippen LogP contribution in [0, 0.1) is 31.6 Å². The van der Waals surface area contributed by atoms with Crippen LogP contribution >= 0.6 is 24.0 Å². The van der Waals surface area contributed by atoms with Gasteiger partial charge in [-0.3, -0.25) is 0 Å². The lowest BCUT2D eigenvalue weighted by atomic mass is 9.96. The van der Waals surface area contributed by atoms with Gasteiger partial charge in [-0.25, -0.2) is 4.99 Å². The number of aryl methyl sites for hydroxylation is 2. The second-order valence-corrected chi connectivity index (χ2v) is 8.02. The third-order valence-electron chi connectivity index (χ3n) is 5.47. The van der Waals surface area contributed by atoms with Crippen molar-refractivity contribution in [2.45, 2.75) is 59.0 Å². The molecule has 3 rings (SSSR count). The smallest absolute Gasteiger partial charge is 0.191 e. The van der Waals surface area contributed by atoms with Gasteiger partial charge in [-0.2, -0.15) is 0 Å². The first kappa shape index (κ1) is 21.5. The van der Waals surface area contributed by atoms with E-state index in [1.807, 2.05) is 19.9 Å². The maximum atomic E-state index is 10.8. The molecule has 2 aliphatic carbocycles. The van der Waals surface area contributed by atoms with Crippen molar-refractivity contribution in [1.29, 1.82) is 0 Å². The molecule has 5 nitrogen and oxygen atoms in total. The van der Waals surface area contributed by atoms with Gasteiger partial charge in [0.15, 0.2) is 5.96 Å². The fourth-order valence-electron chi connectivity index (χ4n) is 3.81. The number of nitrogens with zero attached hydrogens (tertiary/aromatic N) is 1. The van der Waals surface area contributed by atoms with Crippen LogP contribution < -0.4 is 10.6 Å². The maximum Gasteiger partial charge on any atom is 0.191 e. The molecule has 148 valence electrons. The zero-order chi connectivity index (χ0) is 18.0. The Labute approximate surface area is 174 Å². The fourth-order valence-corrected chi connectivity index (χ4v) is 3.81. The molecule has 0 spiro atoms. The zero-order valence-electron chi connectivity index (χ0n) is 16.5. The first-order chi connectivity index (χ1) is 11.9. The summed E-state index contributed by atoms with van der Waals surface area (Å²) in [6, 6.07) is 1.90. The highest BCUT2D eigenvalue weighted by Gasteiger charge is 2.41. The highest BCUT2D eigenvalue weighted by molar-refractivity contribution is 14.0. The van der Waals surface area contributed by atoms with Gasteiger partial charge in [0, 0.05) is 18.7 Å². The molecule has 3 N–H and O–H groups in total. The Balaban J connectivity index is 0.00000243. The van der Waals surface area contributed by atoms with E-state index in [0.29, 0.717) is 6.54 Å². The first-order valence-electron chi connectivity index (χ1n) is 9.72. The van der Waals surface area contributed by atoms with Gasteiger partial charge >= 0.3 is 0 Å². The SMILES string of the molecule is CCNC(=NCC(C)(O)c1cc(C)oc1C)NCC(C1CC1)C1CC1.I. The number of hydrogen-bond donors (Lipinski definition) is 3. The number of guanidine groups is 1. The molecule has 1 atom stereocenters. The van der Waals surface area contributed by atoms with Crippen molar-refractivity contribution in [1.82, 2.24) is 10.6 Å². The van der Waals surface area contributed by atoms with Gasteiger partial charge in [-0.1, -0.05) is 0 Å². The van der Waals surface area contributed by atoms with Crippen molar-refractivity contribution >= 4 is 29.9 Å². The van der Waals surface area contributed by atoms with E-state index in [2.05, 4.69) is 22.5 Å². The number of halogens is 1. The number of rotatable bonds is 8. The Hall–Kier alpha value is -0.760. The average Bonchev–Trinajstić information content (AvgIpc) is 3.45. The topological polar surface area (TPSA) is 69.8 Å². The zero-order valence-corrected chi connectivity index (χ0v) is 18.8. The summed E-state index contributed by atoms with van der Waals surface area (Å²) >= 11 is 0. The molecule has 2 saturated carbocycles. The fraction of sp³-hybridized carbons (Fsp3) is 0.750. The minimum Gasteiger partial charge on any atom is -0.466 e. The lowest BCUT2D eigenvalue weighted by molar-refractivity contribution is 0.0657. The summed E-state index contributed by atoms with van der Waals surface area (Å²) < 4.78 is 5.56. The molecule has 0 saturated heterocycles. The van der Waals surface area contributed by atoms with Crippen molar-refractivity contribution in [2.75, 3.05) is 19.6 Å². The summed E-state index contributed by atoms with van der Waals surface area (Å²) in [5, 5.41) is 17.7. The van der Waals surface area contributed by atoms with Crippen molar-refractivity contribution in [3.8, 4) is 0 Å². The molecule has 0 aliphatic heterocycles. The van der Waals surface area contributed by atoms with Crippen LogP contribution in [0.3, 0.4) is 0 Å². The van der Waals surface area contributed by atoms with Crippen LogP contribution in [0.1, 0.15) is 56.6 Å². The molecule has 0 amide bonds. The molecular formula is C20H34IN3O2. The number of aliphatic hydroxyl groups is 1. The summed E-state index contributed by atoms with van der Waals surface area (Å²) in [5.74, 6) is 5.01. The molecule has 1 aromatic heterocycles. The summed E-state index contributed by atoms with van der Waals surface area (Å²) in [6.07, 6.45) is 5.57. The highest BCUT2D eigenvalue weighted by Crippen LogP contribution is 2.48. The number of nitrogens with one attached hydrogen (secondary N) is 2. The minimum absolute atomic E-state index is 0. The molecule has 2 aliphatic rings. The third-order valence-corrected chi connectivity index (χ3v) is 5.47. The predicted molar refractivity (Wildman–Crippen MR) is 116 cm³/mol. The molecule has 1 aromatic rings. The van der Waals surface area contributed by atoms with Gasteiger partial charge in [-0.15, -0.1) is 24.0 Å². The van der Waals surface area contributed by atoms with E-state index in [1.54, 1.807) is 6.92 Å². The number of aliphatic imine (C=N–C) groups is 1. The Bertz CT molecular complexity index is 607. The predicted octanol–water partition coefficient (Wildman–Crippen LogP) is 3.71. The molecule has 2 fully saturated rings. The number of furan rings is 1. The van der Waals surface area contributed by atoms with E-state index in [1.165, 1.54) is 25.7 Å². The molecule has 0 radical (unpaired) electrons. The van der Waals surface area contributed by atoms with E-state index < -0.39 is 5.60 Å².